The molecule has 0 spiro atoms. The van der Waals surface area contributed by atoms with E-state index in [0.717, 1.165) is 44.3 Å². The summed E-state index contributed by atoms with van der Waals surface area (Å²) in [5.41, 5.74) is 0.0950. The zero-order chi connectivity index (χ0) is 29.1. The third kappa shape index (κ3) is 6.61. The van der Waals surface area contributed by atoms with E-state index in [0.29, 0.717) is 13.1 Å². The van der Waals surface area contributed by atoms with E-state index in [-0.39, 0.29) is 55.8 Å². The fraction of sp³-hybridized carbons (Fsp3) is 0.625. The molecule has 0 unspecified atom stereocenters. The van der Waals surface area contributed by atoms with Gasteiger partial charge >= 0.3 is 12.4 Å². The molecular weight excluding hydrogens is 548 g/mol. The number of hydrogen-bond acceptors (Lipinski definition) is 8. The Bertz CT molecular complexity index is 1160. The van der Waals surface area contributed by atoms with Crippen molar-refractivity contribution in [3.05, 3.63) is 35.4 Å². The molecule has 4 rings (SSSR count). The lowest BCUT2D eigenvalue weighted by Gasteiger charge is -2.49. The number of hydrazine groups is 1. The summed E-state index contributed by atoms with van der Waals surface area (Å²) in [6.45, 7) is 2.86. The maximum Gasteiger partial charge on any atom is 0.421 e. The maximum atomic E-state index is 13.3. The van der Waals surface area contributed by atoms with E-state index in [2.05, 4.69) is 9.97 Å². The number of carbonyl (C=O) groups is 1. The highest BCUT2D eigenvalue weighted by atomic mass is 19.4. The minimum atomic E-state index is -4.63. The van der Waals surface area contributed by atoms with Gasteiger partial charge in [0.1, 0.15) is 5.56 Å². The minimum absolute atomic E-state index is 0.0701. The molecule has 2 fully saturated rings. The molecule has 16 heteroatoms. The van der Waals surface area contributed by atoms with Gasteiger partial charge in [0.15, 0.2) is 5.75 Å². The summed E-state index contributed by atoms with van der Waals surface area (Å²) in [7, 11) is 0. The highest BCUT2D eigenvalue weighted by Gasteiger charge is 2.41. The summed E-state index contributed by atoms with van der Waals surface area (Å²) >= 11 is 0. The average Bonchev–Trinajstić information content (AvgIpc) is 3.23. The third-order valence-corrected chi connectivity index (χ3v) is 7.28. The molecule has 0 bridgehead atoms. The monoisotopic (exact) mass is 579 g/mol. The lowest BCUT2D eigenvalue weighted by molar-refractivity contribution is -0.139. The van der Waals surface area contributed by atoms with Gasteiger partial charge in [-0.1, -0.05) is 5.59 Å². The number of likely N-dealkylation sites (tertiary alicyclic amines) is 1. The van der Waals surface area contributed by atoms with E-state index < -0.39 is 29.2 Å². The molecule has 40 heavy (non-hydrogen) atoms. The summed E-state index contributed by atoms with van der Waals surface area (Å²) in [4.78, 5) is 29.4. The van der Waals surface area contributed by atoms with Crippen LogP contribution in [0.4, 0.5) is 32.3 Å². The first-order chi connectivity index (χ1) is 18.9. The Kier molecular flexibility index (Phi) is 9.09. The largest absolute Gasteiger partial charge is 0.421 e. The molecule has 3 N–H and O–H groups in total. The zero-order valence-electron chi connectivity index (χ0n) is 21.8. The molecule has 2 saturated heterocycles. The number of fused-ring (bicyclic) bond motifs is 1. The summed E-state index contributed by atoms with van der Waals surface area (Å²) in [6.07, 6.45) is -3.63. The van der Waals surface area contributed by atoms with E-state index in [9.17, 15) is 31.1 Å². The van der Waals surface area contributed by atoms with Crippen LogP contribution in [0.15, 0.2) is 18.6 Å². The summed E-state index contributed by atoms with van der Waals surface area (Å²) < 4.78 is 85.5. The number of anilines is 1. The van der Waals surface area contributed by atoms with Gasteiger partial charge in [-0.05, 0) is 32.6 Å². The third-order valence-electron chi connectivity index (χ3n) is 7.28. The van der Waals surface area contributed by atoms with Gasteiger partial charge < -0.3 is 23.9 Å². The summed E-state index contributed by atoms with van der Waals surface area (Å²) in [5.74, 6) is 4.69. The van der Waals surface area contributed by atoms with Gasteiger partial charge in [0.2, 0.25) is 11.9 Å². The second-order valence-corrected chi connectivity index (χ2v) is 9.70. The number of nitrogens with one attached hydrogen (secondary N) is 1. The SMILES string of the molecule is Cc1c(ONN)c(C(F)(F)F)cn1CCOCCC(=O)N1CCC[C@@H]2[C@H]1CCCN2c1ncc(C(F)(F)F)cn1. The molecule has 2 atom stereocenters. The number of piperidine rings is 2. The van der Waals surface area contributed by atoms with Gasteiger partial charge in [0.05, 0.1) is 43.0 Å². The average molecular weight is 580 g/mol. The van der Waals surface area contributed by atoms with Crippen molar-refractivity contribution in [2.24, 2.45) is 5.84 Å². The lowest BCUT2D eigenvalue weighted by Crippen LogP contribution is -2.60. The molecule has 0 saturated carbocycles. The standard InChI is InChI=1S/C24H31F6N7O3/c1-15-21(40-34-31)17(24(28,29)30)14-35(15)9-11-39-10-6-20(38)36-7-2-5-19-18(36)4-3-8-37(19)22-32-12-16(13-33-22)23(25,26)27/h12-14,18-19,34H,2-11,31H2,1H3/t18-,19-/m1/s1. The quantitative estimate of drug-likeness (QED) is 0.201. The molecule has 2 aromatic rings. The van der Waals surface area contributed by atoms with Crippen LogP contribution in [-0.4, -0.2) is 63.7 Å². The Morgan fingerprint density at radius 1 is 1.05 bits per heavy atom. The Labute approximate surface area is 226 Å². The molecule has 0 aromatic carbocycles. The van der Waals surface area contributed by atoms with Gasteiger partial charge in [0, 0.05) is 38.2 Å². The van der Waals surface area contributed by atoms with Crippen molar-refractivity contribution in [3.8, 4) is 5.75 Å². The first-order valence-corrected chi connectivity index (χ1v) is 12.8. The predicted molar refractivity (Wildman–Crippen MR) is 130 cm³/mol. The van der Waals surface area contributed by atoms with Gasteiger partial charge in [-0.2, -0.15) is 26.3 Å². The fourth-order valence-corrected chi connectivity index (χ4v) is 5.39. The Morgan fingerprint density at radius 3 is 2.38 bits per heavy atom. The van der Waals surface area contributed by atoms with E-state index in [4.69, 9.17) is 15.4 Å². The zero-order valence-corrected chi connectivity index (χ0v) is 21.8. The first-order valence-electron chi connectivity index (χ1n) is 12.8. The number of alkyl halides is 6. The van der Waals surface area contributed by atoms with Crippen LogP contribution in [-0.2, 0) is 28.4 Å². The van der Waals surface area contributed by atoms with Crippen LogP contribution < -0.4 is 21.2 Å². The second kappa shape index (κ2) is 12.2. The summed E-state index contributed by atoms with van der Waals surface area (Å²) in [5, 5.41) is 0. The Morgan fingerprint density at radius 2 is 1.73 bits per heavy atom. The van der Waals surface area contributed by atoms with Crippen molar-refractivity contribution >= 4 is 11.9 Å². The van der Waals surface area contributed by atoms with Crippen molar-refractivity contribution in [1.29, 1.82) is 0 Å². The number of hydrogen-bond donors (Lipinski definition) is 2. The van der Waals surface area contributed by atoms with Gasteiger partial charge in [-0.15, -0.1) is 0 Å². The van der Waals surface area contributed by atoms with Crippen molar-refractivity contribution in [2.75, 3.05) is 31.2 Å². The van der Waals surface area contributed by atoms with Gasteiger partial charge in [-0.25, -0.2) is 15.8 Å². The molecule has 0 radical (unpaired) electrons. The van der Waals surface area contributed by atoms with Gasteiger partial charge in [-0.3, -0.25) is 4.79 Å². The normalized spacial score (nSPS) is 20.0. The molecule has 2 aliphatic rings. The number of amides is 1. The summed E-state index contributed by atoms with van der Waals surface area (Å²) in [6, 6.07) is -0.234. The van der Waals surface area contributed by atoms with Crippen molar-refractivity contribution in [1.82, 2.24) is 25.0 Å². The Hall–Kier alpha value is -3.11. The van der Waals surface area contributed by atoms with Crippen LogP contribution in [0.25, 0.3) is 0 Å². The molecule has 0 aliphatic carbocycles. The highest BCUT2D eigenvalue weighted by Crippen LogP contribution is 2.39. The number of ether oxygens (including phenoxy) is 1. The van der Waals surface area contributed by atoms with Crippen LogP contribution in [0.3, 0.4) is 0 Å². The maximum absolute atomic E-state index is 13.3. The molecule has 222 valence electrons. The number of nitrogens with zero attached hydrogens (tertiary/aromatic N) is 5. The van der Waals surface area contributed by atoms with E-state index in [1.807, 2.05) is 4.90 Å². The number of rotatable bonds is 9. The van der Waals surface area contributed by atoms with Crippen LogP contribution in [0.2, 0.25) is 0 Å². The minimum Gasteiger partial charge on any atom is -0.392 e. The van der Waals surface area contributed by atoms with Crippen LogP contribution >= 0.6 is 0 Å². The topological polar surface area (TPSA) is 111 Å². The van der Waals surface area contributed by atoms with E-state index in [1.54, 1.807) is 10.5 Å². The van der Waals surface area contributed by atoms with E-state index in [1.165, 1.54) is 11.5 Å². The fourth-order valence-electron chi connectivity index (χ4n) is 5.39. The number of nitrogens with two attached hydrogens (primary N) is 1. The first kappa shape index (κ1) is 29.9. The molecule has 2 aliphatic heterocycles. The van der Waals surface area contributed by atoms with E-state index >= 15 is 0 Å². The van der Waals surface area contributed by atoms with Crippen molar-refractivity contribution < 1.29 is 40.7 Å². The van der Waals surface area contributed by atoms with Crippen LogP contribution in [0, 0.1) is 6.92 Å². The molecule has 1 amide bonds. The molecular formula is C24H31F6N7O3. The van der Waals surface area contributed by atoms with Crippen molar-refractivity contribution in [2.45, 2.75) is 70.0 Å². The predicted octanol–water partition coefficient (Wildman–Crippen LogP) is 3.45. The number of aromatic nitrogens is 3. The van der Waals surface area contributed by atoms with Crippen molar-refractivity contribution in [3.63, 3.8) is 0 Å². The molecule has 2 aromatic heterocycles. The highest BCUT2D eigenvalue weighted by molar-refractivity contribution is 5.77. The van der Waals surface area contributed by atoms with Crippen LogP contribution in [0.1, 0.15) is 48.9 Å². The molecule has 4 heterocycles. The number of halogens is 6. The lowest BCUT2D eigenvalue weighted by atomic mass is 9.87. The van der Waals surface area contributed by atoms with Gasteiger partial charge in [0.25, 0.3) is 0 Å². The molecule has 10 nitrogen and oxygen atoms in total. The number of carbonyl (C=O) groups excluding carboxylic acids is 1. The Balaban J connectivity index is 1.30. The second-order valence-electron chi connectivity index (χ2n) is 9.70. The van der Waals surface area contributed by atoms with Crippen LogP contribution in [0.5, 0.6) is 5.75 Å². The smallest absolute Gasteiger partial charge is 0.392 e.